The molecule has 0 aromatic carbocycles. The van der Waals surface area contributed by atoms with Crippen molar-refractivity contribution in [3.05, 3.63) is 39.6 Å². The van der Waals surface area contributed by atoms with Gasteiger partial charge < -0.3 is 9.88 Å². The number of nitrogens with one attached hydrogen (secondary N) is 1. The Morgan fingerprint density at radius 1 is 1.35 bits per heavy atom. The van der Waals surface area contributed by atoms with Gasteiger partial charge in [-0.05, 0) is 32.4 Å². The summed E-state index contributed by atoms with van der Waals surface area (Å²) in [6, 6.07) is 2.27. The van der Waals surface area contributed by atoms with Crippen LogP contribution in [0.25, 0.3) is 0 Å². The molecule has 2 rings (SSSR count). The second kappa shape index (κ2) is 5.47. The van der Waals surface area contributed by atoms with E-state index in [1.807, 2.05) is 5.51 Å². The lowest BCUT2D eigenvalue weighted by Gasteiger charge is -2.06. The molecule has 0 unspecified atom stereocenters. The van der Waals surface area contributed by atoms with Gasteiger partial charge in [0, 0.05) is 36.4 Å². The topological polar surface area (TPSA) is 29.9 Å². The van der Waals surface area contributed by atoms with Crippen molar-refractivity contribution < 1.29 is 0 Å². The summed E-state index contributed by atoms with van der Waals surface area (Å²) >= 11 is 1.64. The van der Waals surface area contributed by atoms with E-state index in [1.165, 1.54) is 17.0 Å². The Hall–Kier alpha value is -1.13. The molecule has 2 aromatic rings. The third-order valence-corrected chi connectivity index (χ3v) is 3.74. The van der Waals surface area contributed by atoms with Gasteiger partial charge in [0.2, 0.25) is 0 Å². The number of aryl methyl sites for hydroxylation is 1. The first-order valence-corrected chi connectivity index (χ1v) is 6.90. The maximum absolute atomic E-state index is 4.26. The first-order valence-electron chi connectivity index (χ1n) is 5.95. The molecule has 0 saturated heterocycles. The summed E-state index contributed by atoms with van der Waals surface area (Å²) in [6.07, 6.45) is 0. The van der Waals surface area contributed by atoms with E-state index in [4.69, 9.17) is 0 Å². The molecule has 0 aliphatic rings. The van der Waals surface area contributed by atoms with Gasteiger partial charge in [0.15, 0.2) is 0 Å². The highest BCUT2D eigenvalue weighted by Gasteiger charge is 2.07. The van der Waals surface area contributed by atoms with Crippen molar-refractivity contribution in [3.63, 3.8) is 0 Å². The SMILES string of the molecule is CCn1c(C)cc(CNCc2cscn2)c1C. The van der Waals surface area contributed by atoms with Crippen LogP contribution in [0.1, 0.15) is 29.6 Å². The summed E-state index contributed by atoms with van der Waals surface area (Å²) in [6.45, 7) is 9.35. The molecule has 0 aliphatic heterocycles. The third kappa shape index (κ3) is 2.76. The fourth-order valence-electron chi connectivity index (χ4n) is 2.19. The van der Waals surface area contributed by atoms with E-state index in [0.29, 0.717) is 0 Å². The van der Waals surface area contributed by atoms with Crippen LogP contribution in [-0.2, 0) is 19.6 Å². The molecule has 1 N–H and O–H groups in total. The normalized spacial score (nSPS) is 11.0. The predicted octanol–water partition coefficient (Wildman–Crippen LogP) is 2.87. The van der Waals surface area contributed by atoms with E-state index in [-0.39, 0.29) is 0 Å². The van der Waals surface area contributed by atoms with Gasteiger partial charge in [-0.1, -0.05) is 0 Å². The number of thiazole rings is 1. The smallest absolute Gasteiger partial charge is 0.0795 e. The number of aromatic nitrogens is 2. The molecule has 0 bridgehead atoms. The van der Waals surface area contributed by atoms with Crippen molar-refractivity contribution in [1.82, 2.24) is 14.9 Å². The summed E-state index contributed by atoms with van der Waals surface area (Å²) < 4.78 is 2.35. The zero-order valence-electron chi connectivity index (χ0n) is 10.7. The first kappa shape index (κ1) is 12.3. The van der Waals surface area contributed by atoms with Gasteiger partial charge >= 0.3 is 0 Å². The Morgan fingerprint density at radius 2 is 2.18 bits per heavy atom. The molecule has 2 heterocycles. The highest BCUT2D eigenvalue weighted by atomic mass is 32.1. The number of rotatable bonds is 5. The number of nitrogens with zero attached hydrogens (tertiary/aromatic N) is 2. The third-order valence-electron chi connectivity index (χ3n) is 3.10. The Balaban J connectivity index is 1.95. The first-order chi connectivity index (χ1) is 8.22. The zero-order valence-corrected chi connectivity index (χ0v) is 11.5. The Bertz CT molecular complexity index is 471. The highest BCUT2D eigenvalue weighted by Crippen LogP contribution is 2.14. The lowest BCUT2D eigenvalue weighted by Crippen LogP contribution is -2.13. The van der Waals surface area contributed by atoms with Gasteiger partial charge in [0.05, 0.1) is 11.2 Å². The molecule has 17 heavy (non-hydrogen) atoms. The van der Waals surface area contributed by atoms with Gasteiger partial charge in [0.1, 0.15) is 0 Å². The maximum atomic E-state index is 4.26. The van der Waals surface area contributed by atoms with E-state index < -0.39 is 0 Å². The largest absolute Gasteiger partial charge is 0.349 e. The summed E-state index contributed by atoms with van der Waals surface area (Å²) in [7, 11) is 0. The van der Waals surface area contributed by atoms with Crippen molar-refractivity contribution in [2.45, 2.75) is 40.4 Å². The minimum Gasteiger partial charge on any atom is -0.349 e. The average molecular weight is 249 g/mol. The molecular formula is C13H19N3S. The van der Waals surface area contributed by atoms with Gasteiger partial charge in [0.25, 0.3) is 0 Å². The average Bonchev–Trinajstić information content (AvgIpc) is 2.89. The van der Waals surface area contributed by atoms with Crippen LogP contribution in [0.2, 0.25) is 0 Å². The molecular weight excluding hydrogens is 230 g/mol. The van der Waals surface area contributed by atoms with Crippen LogP contribution < -0.4 is 5.32 Å². The molecule has 2 aromatic heterocycles. The van der Waals surface area contributed by atoms with Crippen LogP contribution in [0, 0.1) is 13.8 Å². The standard InChI is InChI=1S/C13H19N3S/c1-4-16-10(2)5-12(11(16)3)6-14-7-13-8-17-9-15-13/h5,8-9,14H,4,6-7H2,1-3H3. The molecule has 92 valence electrons. The second-order valence-corrected chi connectivity index (χ2v) is 4.94. The molecule has 0 atom stereocenters. The van der Waals surface area contributed by atoms with Crippen LogP contribution in [0.5, 0.6) is 0 Å². The van der Waals surface area contributed by atoms with E-state index in [0.717, 1.165) is 25.3 Å². The highest BCUT2D eigenvalue weighted by molar-refractivity contribution is 7.07. The van der Waals surface area contributed by atoms with Crippen LogP contribution >= 0.6 is 11.3 Å². The molecule has 3 nitrogen and oxygen atoms in total. The van der Waals surface area contributed by atoms with Crippen LogP contribution in [0.3, 0.4) is 0 Å². The van der Waals surface area contributed by atoms with Crippen LogP contribution in [0.15, 0.2) is 17.0 Å². The molecule has 0 aliphatic carbocycles. The van der Waals surface area contributed by atoms with E-state index in [2.05, 4.69) is 47.1 Å². The second-order valence-electron chi connectivity index (χ2n) is 4.22. The fourth-order valence-corrected chi connectivity index (χ4v) is 2.75. The summed E-state index contributed by atoms with van der Waals surface area (Å²) in [5.74, 6) is 0. The predicted molar refractivity (Wildman–Crippen MR) is 72.2 cm³/mol. The maximum Gasteiger partial charge on any atom is 0.0795 e. The van der Waals surface area contributed by atoms with Crippen molar-refractivity contribution >= 4 is 11.3 Å². The Labute approximate surface area is 107 Å². The van der Waals surface area contributed by atoms with E-state index in [9.17, 15) is 0 Å². The van der Waals surface area contributed by atoms with Crippen LogP contribution in [-0.4, -0.2) is 9.55 Å². The fraction of sp³-hybridized carbons (Fsp3) is 0.462. The zero-order chi connectivity index (χ0) is 12.3. The summed E-state index contributed by atoms with van der Waals surface area (Å²) in [5.41, 5.74) is 7.10. The minimum absolute atomic E-state index is 0.847. The van der Waals surface area contributed by atoms with E-state index in [1.54, 1.807) is 11.3 Å². The van der Waals surface area contributed by atoms with E-state index >= 15 is 0 Å². The summed E-state index contributed by atoms with van der Waals surface area (Å²) in [5, 5.41) is 5.53. The van der Waals surface area contributed by atoms with Gasteiger partial charge in [-0.2, -0.15) is 0 Å². The lowest BCUT2D eigenvalue weighted by atomic mass is 10.2. The molecule has 0 amide bonds. The van der Waals surface area contributed by atoms with Crippen molar-refractivity contribution in [2.75, 3.05) is 0 Å². The van der Waals surface area contributed by atoms with Crippen molar-refractivity contribution in [1.29, 1.82) is 0 Å². The molecule has 0 saturated carbocycles. The minimum atomic E-state index is 0.847. The van der Waals surface area contributed by atoms with Crippen LogP contribution in [0.4, 0.5) is 0 Å². The van der Waals surface area contributed by atoms with Crippen molar-refractivity contribution in [3.8, 4) is 0 Å². The number of hydrogen-bond acceptors (Lipinski definition) is 3. The van der Waals surface area contributed by atoms with Crippen molar-refractivity contribution in [2.24, 2.45) is 0 Å². The number of hydrogen-bond donors (Lipinski definition) is 1. The Morgan fingerprint density at radius 3 is 2.76 bits per heavy atom. The lowest BCUT2D eigenvalue weighted by molar-refractivity contribution is 0.668. The van der Waals surface area contributed by atoms with Gasteiger partial charge in [-0.15, -0.1) is 11.3 Å². The molecule has 0 radical (unpaired) electrons. The van der Waals surface area contributed by atoms with Gasteiger partial charge in [-0.3, -0.25) is 0 Å². The molecule has 0 spiro atoms. The molecule has 0 fully saturated rings. The Kier molecular flexibility index (Phi) is 3.97. The molecule has 4 heteroatoms. The summed E-state index contributed by atoms with van der Waals surface area (Å²) in [4.78, 5) is 4.26. The monoisotopic (exact) mass is 249 g/mol. The quantitative estimate of drug-likeness (QED) is 0.883. The van der Waals surface area contributed by atoms with Gasteiger partial charge in [-0.25, -0.2) is 4.98 Å².